The number of thioether (sulfide) groups is 1. The van der Waals surface area contributed by atoms with Crippen LogP contribution in [0.2, 0.25) is 0 Å². The van der Waals surface area contributed by atoms with Crippen molar-refractivity contribution in [2.45, 2.75) is 23.8 Å². The quantitative estimate of drug-likeness (QED) is 0.889. The fraction of sp³-hybridized carbons (Fsp3) is 0.429. The van der Waals surface area contributed by atoms with Gasteiger partial charge in [-0.15, -0.1) is 11.8 Å². The van der Waals surface area contributed by atoms with Crippen molar-refractivity contribution in [3.8, 4) is 0 Å². The zero-order valence-corrected chi connectivity index (χ0v) is 11.8. The normalized spacial score (nSPS) is 21.2. The summed E-state index contributed by atoms with van der Waals surface area (Å²) < 4.78 is 5.47. The van der Waals surface area contributed by atoms with Crippen LogP contribution in [0.3, 0.4) is 0 Å². The molecule has 0 saturated carbocycles. The zero-order chi connectivity index (χ0) is 13.9. The molecule has 0 radical (unpaired) electrons. The summed E-state index contributed by atoms with van der Waals surface area (Å²) in [4.78, 5) is 24.4. The number of amides is 2. The predicted molar refractivity (Wildman–Crippen MR) is 77.1 cm³/mol. The van der Waals surface area contributed by atoms with E-state index >= 15 is 0 Å². The van der Waals surface area contributed by atoms with Crippen LogP contribution in [0.5, 0.6) is 0 Å². The predicted octanol–water partition coefficient (Wildman–Crippen LogP) is 1.64. The van der Waals surface area contributed by atoms with Crippen LogP contribution in [0.25, 0.3) is 0 Å². The molecule has 1 aromatic carbocycles. The van der Waals surface area contributed by atoms with E-state index in [0.29, 0.717) is 17.9 Å². The molecule has 106 valence electrons. The highest BCUT2D eigenvalue weighted by atomic mass is 32.2. The van der Waals surface area contributed by atoms with Crippen molar-refractivity contribution in [2.75, 3.05) is 24.2 Å². The molecule has 0 unspecified atom stereocenters. The third kappa shape index (κ3) is 2.96. The Balaban J connectivity index is 1.65. The van der Waals surface area contributed by atoms with Gasteiger partial charge in [-0.05, 0) is 31.0 Å². The van der Waals surface area contributed by atoms with Crippen LogP contribution in [0.4, 0.5) is 5.69 Å². The highest BCUT2D eigenvalue weighted by molar-refractivity contribution is 8.00. The molecule has 1 saturated heterocycles. The molecule has 2 N–H and O–H groups in total. The van der Waals surface area contributed by atoms with E-state index in [1.54, 1.807) is 12.1 Å². The molecule has 2 aliphatic rings. The van der Waals surface area contributed by atoms with E-state index in [-0.39, 0.29) is 17.9 Å². The molecule has 2 heterocycles. The molecule has 2 amide bonds. The molecule has 1 atom stereocenters. The number of hydrogen-bond acceptors (Lipinski definition) is 4. The summed E-state index contributed by atoms with van der Waals surface area (Å²) in [6.07, 6.45) is 2.19. The fourth-order valence-corrected chi connectivity index (χ4v) is 3.13. The Labute approximate surface area is 121 Å². The minimum atomic E-state index is -0.131. The van der Waals surface area contributed by atoms with Crippen molar-refractivity contribution in [3.05, 3.63) is 23.8 Å². The van der Waals surface area contributed by atoms with E-state index in [1.807, 2.05) is 6.07 Å². The molecule has 5 nitrogen and oxygen atoms in total. The Hall–Kier alpha value is -1.53. The molecule has 20 heavy (non-hydrogen) atoms. The van der Waals surface area contributed by atoms with Gasteiger partial charge in [0.2, 0.25) is 5.91 Å². The molecule has 0 bridgehead atoms. The number of benzene rings is 1. The number of carbonyl (C=O) groups excluding carboxylic acids is 2. The van der Waals surface area contributed by atoms with Crippen molar-refractivity contribution in [3.63, 3.8) is 0 Å². The van der Waals surface area contributed by atoms with Crippen LogP contribution >= 0.6 is 11.8 Å². The monoisotopic (exact) mass is 292 g/mol. The van der Waals surface area contributed by atoms with Crippen LogP contribution in [0.1, 0.15) is 23.2 Å². The average molecular weight is 292 g/mol. The third-order valence-corrected chi connectivity index (χ3v) is 4.46. The van der Waals surface area contributed by atoms with Gasteiger partial charge in [0.25, 0.3) is 5.91 Å². The number of fused-ring (bicyclic) bond motifs is 1. The lowest BCUT2D eigenvalue weighted by Crippen LogP contribution is -2.31. The second kappa shape index (κ2) is 5.85. The van der Waals surface area contributed by atoms with Gasteiger partial charge >= 0.3 is 0 Å². The van der Waals surface area contributed by atoms with Crippen LogP contribution < -0.4 is 10.6 Å². The molecular weight excluding hydrogens is 276 g/mol. The highest BCUT2D eigenvalue weighted by Gasteiger charge is 2.19. The number of anilines is 1. The number of nitrogens with one attached hydrogen (secondary N) is 2. The number of hydrogen-bond donors (Lipinski definition) is 2. The standard InChI is InChI=1S/C14H16N2O3S/c17-13-8-20-12-4-3-9(6-11(12)16-13)14(18)15-7-10-2-1-5-19-10/h3-4,6,10H,1-2,5,7-8H2,(H,15,18)(H,16,17)/t10-/m0/s1. The van der Waals surface area contributed by atoms with Crippen molar-refractivity contribution in [2.24, 2.45) is 0 Å². The summed E-state index contributed by atoms with van der Waals surface area (Å²) in [6, 6.07) is 5.39. The topological polar surface area (TPSA) is 67.4 Å². The maximum Gasteiger partial charge on any atom is 0.251 e. The summed E-state index contributed by atoms with van der Waals surface area (Å²) in [7, 11) is 0. The van der Waals surface area contributed by atoms with E-state index in [4.69, 9.17) is 4.74 Å². The smallest absolute Gasteiger partial charge is 0.251 e. The van der Waals surface area contributed by atoms with Gasteiger partial charge in [-0.25, -0.2) is 0 Å². The third-order valence-electron chi connectivity index (χ3n) is 3.39. The van der Waals surface area contributed by atoms with Crippen molar-refractivity contribution < 1.29 is 14.3 Å². The van der Waals surface area contributed by atoms with E-state index in [9.17, 15) is 9.59 Å². The highest BCUT2D eigenvalue weighted by Crippen LogP contribution is 2.31. The van der Waals surface area contributed by atoms with Gasteiger partial charge in [0.05, 0.1) is 17.5 Å². The second-order valence-corrected chi connectivity index (χ2v) is 5.91. The molecule has 3 rings (SSSR count). The van der Waals surface area contributed by atoms with E-state index in [2.05, 4.69) is 10.6 Å². The maximum absolute atomic E-state index is 12.1. The van der Waals surface area contributed by atoms with Crippen molar-refractivity contribution >= 4 is 29.3 Å². The Morgan fingerprint density at radius 1 is 1.50 bits per heavy atom. The molecule has 6 heteroatoms. The van der Waals surface area contributed by atoms with Crippen LogP contribution in [-0.4, -0.2) is 36.8 Å². The fourth-order valence-electron chi connectivity index (χ4n) is 2.34. The van der Waals surface area contributed by atoms with Crippen LogP contribution in [0.15, 0.2) is 23.1 Å². The molecule has 1 fully saturated rings. The summed E-state index contributed by atoms with van der Waals surface area (Å²) in [5.74, 6) is 0.268. The number of ether oxygens (including phenoxy) is 1. The average Bonchev–Trinajstić information content (AvgIpc) is 2.97. The number of rotatable bonds is 3. The van der Waals surface area contributed by atoms with Gasteiger partial charge in [-0.1, -0.05) is 0 Å². The number of carbonyl (C=O) groups is 2. The first kappa shape index (κ1) is 13.5. The molecular formula is C14H16N2O3S. The van der Waals surface area contributed by atoms with Gasteiger partial charge in [0.1, 0.15) is 0 Å². The zero-order valence-electron chi connectivity index (χ0n) is 11.0. The Kier molecular flexibility index (Phi) is 3.93. The van der Waals surface area contributed by atoms with Crippen LogP contribution in [-0.2, 0) is 9.53 Å². The maximum atomic E-state index is 12.1. The lowest BCUT2D eigenvalue weighted by atomic mass is 10.1. The first-order valence-electron chi connectivity index (χ1n) is 6.69. The SMILES string of the molecule is O=C1CSc2ccc(C(=O)NC[C@@H]3CCCO3)cc2N1. The first-order chi connectivity index (χ1) is 9.72. The molecule has 2 aliphatic heterocycles. The van der Waals surface area contributed by atoms with Gasteiger partial charge in [0.15, 0.2) is 0 Å². The van der Waals surface area contributed by atoms with Gasteiger partial charge in [-0.2, -0.15) is 0 Å². The second-order valence-electron chi connectivity index (χ2n) is 4.89. The Bertz CT molecular complexity index is 541. The summed E-state index contributed by atoms with van der Waals surface area (Å²) in [6.45, 7) is 1.32. The molecule has 0 aliphatic carbocycles. The van der Waals surface area contributed by atoms with E-state index < -0.39 is 0 Å². The lowest BCUT2D eigenvalue weighted by molar-refractivity contribution is -0.113. The Morgan fingerprint density at radius 3 is 3.20 bits per heavy atom. The van der Waals surface area contributed by atoms with Gasteiger partial charge < -0.3 is 15.4 Å². The molecule has 0 aromatic heterocycles. The summed E-state index contributed by atoms with van der Waals surface area (Å²) >= 11 is 1.49. The minimum absolute atomic E-state index is 0.0283. The Morgan fingerprint density at radius 2 is 2.40 bits per heavy atom. The van der Waals surface area contributed by atoms with E-state index in [1.165, 1.54) is 11.8 Å². The summed E-state index contributed by atoms with van der Waals surface area (Å²) in [5.41, 5.74) is 1.28. The van der Waals surface area contributed by atoms with Gasteiger partial charge in [-0.3, -0.25) is 9.59 Å². The van der Waals surface area contributed by atoms with Gasteiger partial charge in [0, 0.05) is 23.6 Å². The van der Waals surface area contributed by atoms with Crippen LogP contribution in [0, 0.1) is 0 Å². The minimum Gasteiger partial charge on any atom is -0.376 e. The first-order valence-corrected chi connectivity index (χ1v) is 7.67. The van der Waals surface area contributed by atoms with E-state index in [0.717, 1.165) is 30.0 Å². The lowest BCUT2D eigenvalue weighted by Gasteiger charge is -2.17. The van der Waals surface area contributed by atoms with Crippen molar-refractivity contribution in [1.29, 1.82) is 0 Å². The molecule has 1 aromatic rings. The largest absolute Gasteiger partial charge is 0.376 e. The van der Waals surface area contributed by atoms with Crippen molar-refractivity contribution in [1.82, 2.24) is 5.32 Å². The molecule has 0 spiro atoms. The summed E-state index contributed by atoms with van der Waals surface area (Å²) in [5, 5.41) is 5.66.